The van der Waals surface area contributed by atoms with E-state index >= 15 is 0 Å². The first-order chi connectivity index (χ1) is 7.68. The van der Waals surface area contributed by atoms with E-state index in [1.54, 1.807) is 31.2 Å². The number of hydrogen-bond donors (Lipinski definition) is 0. The Morgan fingerprint density at radius 1 is 1.25 bits per heavy atom. The summed E-state index contributed by atoms with van der Waals surface area (Å²) in [5.41, 5.74) is 0.714. The molecule has 2 aromatic rings. The van der Waals surface area contributed by atoms with Crippen LogP contribution in [-0.2, 0) is 10.8 Å². The van der Waals surface area contributed by atoms with E-state index in [0.29, 0.717) is 10.5 Å². The van der Waals surface area contributed by atoms with Crippen molar-refractivity contribution in [3.8, 4) is 0 Å². The summed E-state index contributed by atoms with van der Waals surface area (Å²) in [6.07, 6.45) is 1.51. The van der Waals surface area contributed by atoms with Gasteiger partial charge in [0.2, 0.25) is 0 Å². The second kappa shape index (κ2) is 4.53. The zero-order chi connectivity index (χ0) is 11.5. The number of benzene rings is 1. The van der Waals surface area contributed by atoms with Gasteiger partial charge in [-0.25, -0.2) is 13.6 Å². The van der Waals surface area contributed by atoms with Crippen LogP contribution in [0.3, 0.4) is 0 Å². The fourth-order valence-electron chi connectivity index (χ4n) is 1.31. The van der Waals surface area contributed by atoms with Crippen molar-refractivity contribution >= 4 is 10.8 Å². The third kappa shape index (κ3) is 2.17. The molecule has 1 heterocycles. The zero-order valence-electron chi connectivity index (χ0n) is 8.68. The number of aryl methyl sites for hydroxylation is 1. The molecule has 0 spiro atoms. The lowest BCUT2D eigenvalue weighted by Crippen LogP contribution is -2.00. The van der Waals surface area contributed by atoms with Crippen LogP contribution in [-0.4, -0.2) is 9.19 Å². The molecule has 0 saturated heterocycles. The molecule has 1 aromatic carbocycles. The molecule has 0 saturated carbocycles. The highest BCUT2D eigenvalue weighted by atomic mass is 32.2. The zero-order valence-corrected chi connectivity index (χ0v) is 9.50. The van der Waals surface area contributed by atoms with Crippen LogP contribution in [0.5, 0.6) is 0 Å². The van der Waals surface area contributed by atoms with Crippen LogP contribution in [0.1, 0.15) is 5.56 Å². The first kappa shape index (κ1) is 11.0. The Bertz CT molecular complexity index is 528. The van der Waals surface area contributed by atoms with E-state index in [1.807, 2.05) is 6.07 Å². The molecule has 1 atom stereocenters. The van der Waals surface area contributed by atoms with E-state index in [0.717, 1.165) is 0 Å². The summed E-state index contributed by atoms with van der Waals surface area (Å²) >= 11 is 0. The lowest BCUT2D eigenvalue weighted by Gasteiger charge is -2.03. The van der Waals surface area contributed by atoms with Crippen molar-refractivity contribution in [3.63, 3.8) is 0 Å². The van der Waals surface area contributed by atoms with Gasteiger partial charge in [-0.15, -0.1) is 0 Å². The van der Waals surface area contributed by atoms with Crippen LogP contribution < -0.4 is 0 Å². The molecule has 82 valence electrons. The maximum Gasteiger partial charge on any atom is 0.167 e. The minimum Gasteiger partial charge on any atom is -0.247 e. The van der Waals surface area contributed by atoms with Gasteiger partial charge in [0.05, 0.1) is 0 Å². The van der Waals surface area contributed by atoms with Gasteiger partial charge >= 0.3 is 0 Å². The summed E-state index contributed by atoms with van der Waals surface area (Å²) in [6, 6.07) is 10.1. The van der Waals surface area contributed by atoms with Crippen LogP contribution >= 0.6 is 0 Å². The molecular weight excluding hydrogens is 225 g/mol. The molecule has 2 nitrogen and oxygen atoms in total. The number of nitrogens with zero attached hydrogens (tertiary/aromatic N) is 1. The van der Waals surface area contributed by atoms with Gasteiger partial charge in [-0.3, -0.25) is 0 Å². The Morgan fingerprint density at radius 2 is 1.94 bits per heavy atom. The average molecular weight is 235 g/mol. The molecule has 0 fully saturated rings. The highest BCUT2D eigenvalue weighted by Crippen LogP contribution is 2.17. The summed E-state index contributed by atoms with van der Waals surface area (Å²) in [4.78, 5) is 4.43. The summed E-state index contributed by atoms with van der Waals surface area (Å²) in [5, 5.41) is -0.0169. The minimum absolute atomic E-state index is 0.0169. The summed E-state index contributed by atoms with van der Waals surface area (Å²) in [5.74, 6) is -0.526. The molecule has 1 aromatic heterocycles. The molecule has 0 N–H and O–H groups in total. The van der Waals surface area contributed by atoms with Gasteiger partial charge in [-0.05, 0) is 30.7 Å². The van der Waals surface area contributed by atoms with Crippen molar-refractivity contribution < 1.29 is 8.60 Å². The lowest BCUT2D eigenvalue weighted by molar-refractivity contribution is 0.578. The molecule has 0 radical (unpaired) electrons. The normalized spacial score (nSPS) is 12.4. The van der Waals surface area contributed by atoms with Gasteiger partial charge in [0.25, 0.3) is 0 Å². The average Bonchev–Trinajstić information content (AvgIpc) is 2.29. The lowest BCUT2D eigenvalue weighted by atomic mass is 10.3. The monoisotopic (exact) mass is 235 g/mol. The molecule has 4 heteroatoms. The molecular formula is C12H10FNOS. The van der Waals surface area contributed by atoms with Crippen LogP contribution in [0.4, 0.5) is 4.39 Å². The first-order valence-corrected chi connectivity index (χ1v) is 5.92. The third-order valence-corrected chi connectivity index (χ3v) is 3.43. The number of rotatable bonds is 2. The maximum atomic E-state index is 13.5. The Balaban J connectivity index is 2.42. The summed E-state index contributed by atoms with van der Waals surface area (Å²) in [7, 11) is -1.55. The van der Waals surface area contributed by atoms with E-state index in [9.17, 15) is 8.60 Å². The van der Waals surface area contributed by atoms with Crippen LogP contribution in [0.2, 0.25) is 0 Å². The molecule has 0 amide bonds. The van der Waals surface area contributed by atoms with Crippen molar-refractivity contribution in [2.75, 3.05) is 0 Å². The van der Waals surface area contributed by atoms with E-state index in [-0.39, 0.29) is 5.03 Å². The smallest absolute Gasteiger partial charge is 0.167 e. The fraction of sp³-hybridized carbons (Fsp3) is 0.0833. The Morgan fingerprint density at radius 3 is 2.56 bits per heavy atom. The highest BCUT2D eigenvalue weighted by Gasteiger charge is 2.13. The molecule has 16 heavy (non-hydrogen) atoms. The predicted octanol–water partition coefficient (Wildman–Crippen LogP) is 2.70. The highest BCUT2D eigenvalue weighted by molar-refractivity contribution is 7.85. The van der Waals surface area contributed by atoms with Crippen LogP contribution in [0.15, 0.2) is 52.5 Å². The molecule has 0 aliphatic carbocycles. The van der Waals surface area contributed by atoms with E-state index < -0.39 is 16.6 Å². The minimum atomic E-state index is -1.55. The van der Waals surface area contributed by atoms with Crippen molar-refractivity contribution in [3.05, 3.63) is 54.0 Å². The molecule has 2 rings (SSSR count). The SMILES string of the molecule is Cc1cnc(S(=O)c2ccccc2)c(F)c1. The Labute approximate surface area is 95.6 Å². The van der Waals surface area contributed by atoms with Gasteiger partial charge in [-0.1, -0.05) is 18.2 Å². The number of aromatic nitrogens is 1. The number of hydrogen-bond acceptors (Lipinski definition) is 2. The Kier molecular flexibility index (Phi) is 3.10. The van der Waals surface area contributed by atoms with Crippen LogP contribution in [0, 0.1) is 12.7 Å². The first-order valence-electron chi connectivity index (χ1n) is 4.77. The fourth-order valence-corrected chi connectivity index (χ4v) is 2.33. The quantitative estimate of drug-likeness (QED) is 0.801. The third-order valence-electron chi connectivity index (χ3n) is 2.08. The van der Waals surface area contributed by atoms with Crippen molar-refractivity contribution in [2.45, 2.75) is 16.8 Å². The van der Waals surface area contributed by atoms with Gasteiger partial charge in [-0.2, -0.15) is 0 Å². The predicted molar refractivity (Wildman–Crippen MR) is 60.0 cm³/mol. The largest absolute Gasteiger partial charge is 0.247 e. The summed E-state index contributed by atoms with van der Waals surface area (Å²) in [6.45, 7) is 1.74. The van der Waals surface area contributed by atoms with E-state index in [1.165, 1.54) is 12.3 Å². The van der Waals surface area contributed by atoms with Gasteiger partial charge in [0.15, 0.2) is 10.8 Å². The number of pyridine rings is 1. The Hall–Kier alpha value is -1.55. The van der Waals surface area contributed by atoms with Gasteiger partial charge in [0, 0.05) is 11.1 Å². The molecule has 1 unspecified atom stereocenters. The van der Waals surface area contributed by atoms with Gasteiger partial charge in [0.1, 0.15) is 10.8 Å². The van der Waals surface area contributed by atoms with Crippen LogP contribution in [0.25, 0.3) is 0 Å². The number of halogens is 1. The maximum absolute atomic E-state index is 13.5. The van der Waals surface area contributed by atoms with E-state index in [2.05, 4.69) is 4.98 Å². The topological polar surface area (TPSA) is 30.0 Å². The van der Waals surface area contributed by atoms with E-state index in [4.69, 9.17) is 0 Å². The molecule has 0 bridgehead atoms. The van der Waals surface area contributed by atoms with Gasteiger partial charge < -0.3 is 0 Å². The molecule has 0 aliphatic heterocycles. The second-order valence-corrected chi connectivity index (χ2v) is 4.78. The standard InChI is InChI=1S/C12H10FNOS/c1-9-7-11(13)12(14-8-9)16(15)10-5-3-2-4-6-10/h2-8H,1H3. The summed E-state index contributed by atoms with van der Waals surface area (Å²) < 4.78 is 25.5. The van der Waals surface area contributed by atoms with Crippen molar-refractivity contribution in [1.29, 1.82) is 0 Å². The second-order valence-electron chi connectivity index (χ2n) is 3.38. The molecule has 0 aliphatic rings. The van der Waals surface area contributed by atoms with Crippen molar-refractivity contribution in [2.24, 2.45) is 0 Å². The van der Waals surface area contributed by atoms with Crippen molar-refractivity contribution in [1.82, 2.24) is 4.98 Å².